The maximum absolute atomic E-state index is 14.6. The zero-order valence-corrected chi connectivity index (χ0v) is 47.1. The van der Waals surface area contributed by atoms with Crippen LogP contribution in [-0.4, -0.2) is 35.5 Å². The third kappa shape index (κ3) is 6.48. The highest BCUT2D eigenvalue weighted by Crippen LogP contribution is 2.52. The highest BCUT2D eigenvalue weighted by atomic mass is 32.2. The number of aromatic nitrogens is 3. The molecular weight excluding hydrogens is 1110 g/mol. The minimum Gasteiger partial charge on any atom is -0.458 e. The van der Waals surface area contributed by atoms with E-state index in [1.807, 2.05) is 78.9 Å². The molecule has 0 spiro atoms. The van der Waals surface area contributed by atoms with E-state index < -0.39 is 9.84 Å². The summed E-state index contributed by atoms with van der Waals surface area (Å²) in [4.78, 5) is -0.167. The summed E-state index contributed by atoms with van der Waals surface area (Å²) in [6.07, 6.45) is 0. The molecule has 4 aliphatic heterocycles. The number of para-hydroxylation sites is 7. The predicted molar refractivity (Wildman–Crippen MR) is 346 cm³/mol. The van der Waals surface area contributed by atoms with Crippen LogP contribution in [0, 0.1) is 22.7 Å². The molecule has 11 nitrogen and oxygen atoms in total. The lowest BCUT2D eigenvalue weighted by Gasteiger charge is -2.33. The second kappa shape index (κ2) is 17.7. The molecular formula is C74H39B2N5O6S. The number of ether oxygens (including phenoxy) is 4. The summed E-state index contributed by atoms with van der Waals surface area (Å²) in [7, 11) is -4.23. The van der Waals surface area contributed by atoms with Crippen LogP contribution in [0.2, 0.25) is 0 Å². The zero-order valence-electron chi connectivity index (χ0n) is 46.3. The fourth-order valence-corrected chi connectivity index (χ4v) is 16.2. The first-order valence-electron chi connectivity index (χ1n) is 29.0. The molecule has 0 unspecified atom stereocenters. The van der Waals surface area contributed by atoms with Crippen molar-refractivity contribution < 1.29 is 27.4 Å². The predicted octanol–water partition coefficient (Wildman–Crippen LogP) is 13.0. The lowest BCUT2D eigenvalue weighted by molar-refractivity contribution is 0.463. The van der Waals surface area contributed by atoms with Gasteiger partial charge in [-0.1, -0.05) is 127 Å². The van der Waals surface area contributed by atoms with Crippen molar-refractivity contribution in [3.05, 3.63) is 248 Å². The van der Waals surface area contributed by atoms with E-state index in [0.29, 0.717) is 28.7 Å². The number of rotatable bonds is 5. The SMILES string of the molecule is N#Cc1ccc(S(=O)(=O)c2ccc(-n3c4ccccc4c4c3c3c5ccccc5n(-c5cc6c7c(c5)Oc5ccccc5B7c5ccccc5O6)c3c3c5ccccc5n(-c5cc6c7c(c5)Oc5ccccc5B7c5ccccc5O6)c43)cc2)c(C#N)c1. The number of hydrogen-bond donors (Lipinski definition) is 0. The second-order valence-corrected chi connectivity index (χ2v) is 24.7. The van der Waals surface area contributed by atoms with E-state index in [-0.39, 0.29) is 34.3 Å². The van der Waals surface area contributed by atoms with E-state index in [9.17, 15) is 18.9 Å². The Balaban J connectivity index is 0.952. The van der Waals surface area contributed by atoms with Crippen LogP contribution in [0.5, 0.6) is 46.0 Å². The van der Waals surface area contributed by atoms with Crippen LogP contribution in [0.3, 0.4) is 0 Å². The lowest BCUT2D eigenvalue weighted by atomic mass is 9.35. The van der Waals surface area contributed by atoms with Crippen molar-refractivity contribution in [2.45, 2.75) is 9.79 Å². The molecule has 0 radical (unpaired) electrons. The van der Waals surface area contributed by atoms with Crippen molar-refractivity contribution in [1.29, 1.82) is 10.5 Å². The third-order valence-electron chi connectivity index (χ3n) is 18.3. The summed E-state index contributed by atoms with van der Waals surface area (Å²) < 4.78 is 64.2. The molecule has 7 heterocycles. The number of hydrogen-bond acceptors (Lipinski definition) is 8. The molecule has 4 aliphatic rings. The maximum atomic E-state index is 14.6. The first-order chi connectivity index (χ1) is 43.3. The van der Waals surface area contributed by atoms with Crippen LogP contribution in [0.15, 0.2) is 246 Å². The maximum Gasteiger partial charge on any atom is 0.260 e. The number of sulfone groups is 1. The Morgan fingerprint density at radius 3 is 1.08 bits per heavy atom. The van der Waals surface area contributed by atoms with Gasteiger partial charge in [0.1, 0.15) is 52.1 Å². The lowest BCUT2D eigenvalue weighted by Crippen LogP contribution is -2.57. The van der Waals surface area contributed by atoms with E-state index >= 15 is 0 Å². The molecule has 0 saturated heterocycles. The second-order valence-electron chi connectivity index (χ2n) is 22.8. The minimum atomic E-state index is -4.23. The van der Waals surface area contributed by atoms with Crippen LogP contribution in [-0.2, 0) is 9.84 Å². The summed E-state index contributed by atoms with van der Waals surface area (Å²) in [6.45, 7) is -0.254. The van der Waals surface area contributed by atoms with Crippen molar-refractivity contribution in [1.82, 2.24) is 13.7 Å². The third-order valence-corrected chi connectivity index (χ3v) is 20.2. The standard InChI is InChI=1S/C74H39B2N5O6S/c77-40-42-29-34-66(43(35-42)41-78)88(82,83)47-32-30-44(31-33-47)79-55-22-8-1-15-48(55)67-72(79)68-49-16-2-9-23-56(49)80(45-36-62-70-63(37-45)85-59-26-12-5-19-52(59)75(70)51-18-4-11-25-58(51)84-62)74(68)69-50-17-3-10-24-57(50)81(73(67)69)46-38-64-71-65(39-46)87-61-28-14-7-21-54(61)76(71)53-20-6-13-27-60(53)86-64/h1-39H. The van der Waals surface area contributed by atoms with Crippen molar-refractivity contribution >= 4 is 121 Å². The normalized spacial score (nSPS) is 13.2. The molecule has 88 heavy (non-hydrogen) atoms. The smallest absolute Gasteiger partial charge is 0.260 e. The van der Waals surface area contributed by atoms with Gasteiger partial charge >= 0.3 is 0 Å². The minimum absolute atomic E-state index is 0.00378. The molecule has 0 saturated carbocycles. The average molecular weight is 1150 g/mol. The molecule has 12 aromatic carbocycles. The van der Waals surface area contributed by atoms with Gasteiger partial charge in [-0.25, -0.2) is 8.42 Å². The Hall–Kier alpha value is -11.7. The summed E-state index contributed by atoms with van der Waals surface area (Å²) >= 11 is 0. The number of nitriles is 2. The molecule has 0 amide bonds. The van der Waals surface area contributed by atoms with Crippen molar-refractivity contribution in [2.75, 3.05) is 0 Å². The Kier molecular flexibility index (Phi) is 9.78. The van der Waals surface area contributed by atoms with Gasteiger partial charge in [-0.3, -0.25) is 0 Å². The van der Waals surface area contributed by atoms with E-state index in [1.165, 1.54) is 18.2 Å². The number of fused-ring (bicyclic) bond motifs is 20. The summed E-state index contributed by atoms with van der Waals surface area (Å²) in [6, 6.07) is 82.2. The van der Waals surface area contributed by atoms with Crippen LogP contribution >= 0.6 is 0 Å². The van der Waals surface area contributed by atoms with Crippen LogP contribution < -0.4 is 51.7 Å². The summed E-state index contributed by atoms with van der Waals surface area (Å²) in [5.74, 6) is 5.96. The van der Waals surface area contributed by atoms with Gasteiger partial charge in [-0.15, -0.1) is 0 Å². The molecule has 19 rings (SSSR count). The first-order valence-corrected chi connectivity index (χ1v) is 30.5. The first kappa shape index (κ1) is 48.7. The Morgan fingerprint density at radius 2 is 0.705 bits per heavy atom. The van der Waals surface area contributed by atoms with Gasteiger partial charge in [0.15, 0.2) is 0 Å². The summed E-state index contributed by atoms with van der Waals surface area (Å²) in [5, 5.41) is 25.7. The average Bonchev–Trinajstić information content (AvgIpc) is 1.83. The monoisotopic (exact) mass is 1150 g/mol. The summed E-state index contributed by atoms with van der Waals surface area (Å²) in [5.41, 5.74) is 14.2. The van der Waals surface area contributed by atoms with Crippen LogP contribution in [0.25, 0.3) is 82.5 Å². The molecule has 0 N–H and O–H groups in total. The van der Waals surface area contributed by atoms with Gasteiger partial charge in [-0.2, -0.15) is 10.5 Å². The molecule has 15 aromatic rings. The molecule has 0 atom stereocenters. The highest BCUT2D eigenvalue weighted by Gasteiger charge is 2.43. The Labute approximate surface area is 502 Å². The highest BCUT2D eigenvalue weighted by molar-refractivity contribution is 7.91. The van der Waals surface area contributed by atoms with E-state index in [4.69, 9.17) is 18.9 Å². The van der Waals surface area contributed by atoms with Gasteiger partial charge in [0, 0.05) is 73.2 Å². The van der Waals surface area contributed by atoms with Crippen LogP contribution in [0.1, 0.15) is 11.1 Å². The Bertz CT molecular complexity index is 5590. The molecule has 0 aliphatic carbocycles. The molecule has 14 heteroatoms. The van der Waals surface area contributed by atoms with E-state index in [2.05, 4.69) is 153 Å². The largest absolute Gasteiger partial charge is 0.458 e. The molecule has 408 valence electrons. The molecule has 0 fully saturated rings. The molecule has 0 bridgehead atoms. The van der Waals surface area contributed by atoms with Gasteiger partial charge in [0.25, 0.3) is 13.4 Å². The van der Waals surface area contributed by atoms with Gasteiger partial charge in [0.2, 0.25) is 9.84 Å². The zero-order chi connectivity index (χ0) is 58.3. The number of nitrogens with zero attached hydrogens (tertiary/aromatic N) is 5. The van der Waals surface area contributed by atoms with E-state index in [0.717, 1.165) is 133 Å². The van der Waals surface area contributed by atoms with E-state index in [1.54, 1.807) is 12.1 Å². The fourth-order valence-electron chi connectivity index (χ4n) is 14.8. The fraction of sp³-hybridized carbons (Fsp3) is 0. The quantitative estimate of drug-likeness (QED) is 0.156. The van der Waals surface area contributed by atoms with Crippen LogP contribution in [0.4, 0.5) is 0 Å². The molecule has 3 aromatic heterocycles. The van der Waals surface area contributed by atoms with Crippen molar-refractivity contribution in [3.8, 4) is 75.2 Å². The van der Waals surface area contributed by atoms with Crippen molar-refractivity contribution in [3.63, 3.8) is 0 Å². The van der Waals surface area contributed by atoms with Gasteiger partial charge in [0.05, 0.1) is 71.5 Å². The number of benzene rings is 12. The topological polar surface area (TPSA) is 133 Å². The Morgan fingerprint density at radius 1 is 0.352 bits per heavy atom. The van der Waals surface area contributed by atoms with Gasteiger partial charge in [-0.05, 0) is 107 Å². The van der Waals surface area contributed by atoms with Crippen molar-refractivity contribution in [2.24, 2.45) is 0 Å². The van der Waals surface area contributed by atoms with Gasteiger partial charge < -0.3 is 32.6 Å².